The molecule has 6 aromatic rings. The van der Waals surface area contributed by atoms with E-state index in [0.29, 0.717) is 22.3 Å². The Hall–Kier alpha value is -5.87. The van der Waals surface area contributed by atoms with Crippen LogP contribution >= 0.6 is 22.2 Å². The molecule has 7 rings (SSSR count). The number of nitrogens with zero attached hydrogens (tertiary/aromatic N) is 11. The zero-order chi connectivity index (χ0) is 43.7. The molecule has 1 aliphatic rings. The predicted molar refractivity (Wildman–Crippen MR) is 245 cm³/mol. The normalized spacial score (nSPS) is 14.8. The van der Waals surface area contributed by atoms with Gasteiger partial charge in [-0.15, -0.1) is 0 Å². The summed E-state index contributed by atoms with van der Waals surface area (Å²) in [5.41, 5.74) is 1.31. The Morgan fingerprint density at radius 2 is 0.609 bits per heavy atom. The van der Waals surface area contributed by atoms with E-state index in [2.05, 4.69) is 0 Å². The number of hydrazone groups is 4. The van der Waals surface area contributed by atoms with Crippen molar-refractivity contribution in [3.05, 3.63) is 180 Å². The molecule has 6 aromatic carbocycles. The maximum Gasteiger partial charge on any atom is 2.00 e. The zero-order valence-electron chi connectivity index (χ0n) is 34.8. The first-order valence-corrected chi connectivity index (χ1v) is 24.1. The summed E-state index contributed by atoms with van der Waals surface area (Å²) < 4.78 is 23.7. The fourth-order valence-corrected chi connectivity index (χ4v) is 20.0. The maximum absolute atomic E-state index is 13.0. The van der Waals surface area contributed by atoms with Gasteiger partial charge in [0.2, 0.25) is 0 Å². The van der Waals surface area contributed by atoms with E-state index in [-0.39, 0.29) is 57.1 Å². The Bertz CT molecular complexity index is 2550. The van der Waals surface area contributed by atoms with Crippen molar-refractivity contribution < 1.29 is 54.6 Å². The largest absolute Gasteiger partial charge is 2.00 e. The Morgan fingerprint density at radius 3 is 0.891 bits per heavy atom. The van der Waals surface area contributed by atoms with Gasteiger partial charge in [0.25, 0.3) is 0 Å². The van der Waals surface area contributed by atoms with Crippen LogP contribution in [0.5, 0.6) is 23.0 Å². The van der Waals surface area contributed by atoms with Gasteiger partial charge in [-0.3, -0.25) is 0 Å². The topological polar surface area (TPSA) is 192 Å². The molecule has 15 nitrogen and oxygen atoms in total. The smallest absolute Gasteiger partial charge is 0.872 e. The molecule has 1 aliphatic heterocycles. The summed E-state index contributed by atoms with van der Waals surface area (Å²) in [6.45, 7) is 0. The molecular formula is C44H42Cu2N11O4P3. The van der Waals surface area contributed by atoms with Gasteiger partial charge in [0.15, 0.2) is 0 Å². The van der Waals surface area contributed by atoms with Crippen molar-refractivity contribution in [1.29, 1.82) is 0 Å². The van der Waals surface area contributed by atoms with Crippen LogP contribution in [-0.4, -0.2) is 72.2 Å². The summed E-state index contributed by atoms with van der Waals surface area (Å²) in [7, 11) is -4.21. The van der Waals surface area contributed by atoms with Gasteiger partial charge in [-0.1, -0.05) is 181 Å². The third-order valence-electron chi connectivity index (χ3n) is 9.66. The summed E-state index contributed by atoms with van der Waals surface area (Å²) in [4.78, 5) is 0. The van der Waals surface area contributed by atoms with Crippen molar-refractivity contribution in [3.8, 4) is 23.0 Å². The first-order chi connectivity index (χ1) is 30.0. The number of benzene rings is 6. The molecule has 20 heteroatoms. The summed E-state index contributed by atoms with van der Waals surface area (Å²) >= 11 is 0. The van der Waals surface area contributed by atoms with Crippen LogP contribution in [0.2, 0.25) is 0 Å². The summed E-state index contributed by atoms with van der Waals surface area (Å²) in [6, 6.07) is 45.4. The van der Waals surface area contributed by atoms with Gasteiger partial charge in [0.05, 0.1) is 24.9 Å². The van der Waals surface area contributed by atoms with Crippen LogP contribution < -0.4 is 31.0 Å². The van der Waals surface area contributed by atoms with Gasteiger partial charge in [-0.2, -0.15) is 34.0 Å². The molecule has 0 bridgehead atoms. The van der Waals surface area contributed by atoms with Crippen molar-refractivity contribution in [1.82, 2.24) is 19.1 Å². The van der Waals surface area contributed by atoms with Gasteiger partial charge >= 0.3 is 49.2 Å². The molecule has 1 heterocycles. The minimum atomic E-state index is -3.80. The second-order valence-electron chi connectivity index (χ2n) is 13.7. The number of rotatable bonds is 14. The van der Waals surface area contributed by atoms with Crippen LogP contribution in [0, 0.1) is 0 Å². The molecule has 0 N–H and O–H groups in total. The fourth-order valence-electron chi connectivity index (χ4n) is 6.24. The maximum atomic E-state index is 13.0. The first kappa shape index (κ1) is 49.1. The third-order valence-corrected chi connectivity index (χ3v) is 21.1. The number of hydrogen-bond acceptors (Lipinski definition) is 15. The quantitative estimate of drug-likeness (QED) is 0.0492. The Labute approximate surface area is 394 Å². The van der Waals surface area contributed by atoms with Gasteiger partial charge < -0.3 is 20.4 Å². The zero-order valence-corrected chi connectivity index (χ0v) is 39.4. The number of hydrogen-bond donors (Lipinski definition) is 0. The summed E-state index contributed by atoms with van der Waals surface area (Å²) in [5, 5.41) is 73.0. The van der Waals surface area contributed by atoms with Gasteiger partial charge in [-0.25, -0.2) is 19.1 Å². The van der Waals surface area contributed by atoms with Crippen molar-refractivity contribution in [2.24, 2.45) is 34.0 Å². The van der Waals surface area contributed by atoms with Crippen LogP contribution in [0.4, 0.5) is 0 Å². The van der Waals surface area contributed by atoms with E-state index in [4.69, 9.17) is 34.0 Å². The second kappa shape index (κ2) is 21.7. The molecule has 0 aliphatic carbocycles. The monoisotopic (exact) mass is 1010 g/mol. The molecule has 2 radical (unpaired) electrons. The fraction of sp³-hybridized carbons (Fsp3) is 0.0909. The van der Waals surface area contributed by atoms with Crippen LogP contribution in [-0.2, 0) is 34.1 Å². The summed E-state index contributed by atoms with van der Waals surface area (Å²) in [6.07, 6.45) is 5.82. The van der Waals surface area contributed by atoms with Crippen LogP contribution in [0.1, 0.15) is 22.3 Å². The van der Waals surface area contributed by atoms with E-state index in [1.165, 1.54) is 49.1 Å². The molecule has 334 valence electrons. The average Bonchev–Trinajstić information content (AvgIpc) is 3.30. The minimum Gasteiger partial charge on any atom is -0.872 e. The molecule has 0 saturated carbocycles. The predicted octanol–water partition coefficient (Wildman–Crippen LogP) is 6.81. The van der Waals surface area contributed by atoms with Gasteiger partial charge in [0, 0.05) is 38.8 Å². The van der Waals surface area contributed by atoms with Crippen LogP contribution in [0.25, 0.3) is 0 Å². The van der Waals surface area contributed by atoms with Crippen LogP contribution in [0.3, 0.4) is 0 Å². The Balaban J connectivity index is 0.00000385. The van der Waals surface area contributed by atoms with Gasteiger partial charge in [0.1, 0.15) is 7.21 Å². The SMILES string of the molecule is CN(/N=C/c1ccccc1[O-])P1(N(C)/N=C/c2ccccc2[O-])=NP(c2ccccc2)(c2ccccc2)=NP(N(C)/N=C/c2ccccc2[O-])(N(C)/N=C/c2ccccc2[O-])=N1.[Cu+2].[Cu+2]. The van der Waals surface area contributed by atoms with E-state index in [1.807, 2.05) is 60.7 Å². The molecule has 0 atom stereocenters. The van der Waals surface area contributed by atoms with E-state index in [9.17, 15) is 20.4 Å². The average molecular weight is 1010 g/mol. The molecule has 0 unspecified atom stereocenters. The molecule has 0 amide bonds. The second-order valence-corrected chi connectivity index (χ2v) is 22.5. The van der Waals surface area contributed by atoms with Crippen LogP contribution in [0.15, 0.2) is 192 Å². The van der Waals surface area contributed by atoms with Gasteiger partial charge in [-0.05, 0) is 22.3 Å². The standard InChI is InChI=1S/C44H46N11O4P3.2Cu/c1-52(45-31-35-19-11-15-27-41(35)56)61(53(2)46-32-36-20-12-16-28-42(36)57)49-60(39-23-7-5-8-24-39,40-25-9-6-10-26-40)50-62(51-61,54(3)47-33-37-21-13-17-29-43(37)58)55(4)48-34-38-22-14-18-30-44(38)59;;/h5-34,56-59H,1-4H3;;/q;2*+2/p-4/b45-31+,46-32+,47-33+,48-34+;;. The Kier molecular flexibility index (Phi) is 16.6. The molecule has 0 saturated heterocycles. The van der Waals surface area contributed by atoms with Crippen molar-refractivity contribution in [2.75, 3.05) is 28.2 Å². The van der Waals surface area contributed by atoms with Crippen molar-refractivity contribution in [2.45, 2.75) is 0 Å². The van der Waals surface area contributed by atoms with E-state index in [0.717, 1.165) is 10.6 Å². The minimum absolute atomic E-state index is 0. The first-order valence-electron chi connectivity index (χ1n) is 19.2. The molecule has 0 spiro atoms. The molecular weight excluding hydrogens is 967 g/mol. The van der Waals surface area contributed by atoms with E-state index < -0.39 is 22.2 Å². The van der Waals surface area contributed by atoms with E-state index >= 15 is 0 Å². The third kappa shape index (κ3) is 10.4. The van der Waals surface area contributed by atoms with Crippen molar-refractivity contribution in [3.63, 3.8) is 0 Å². The van der Waals surface area contributed by atoms with Crippen molar-refractivity contribution >= 4 is 57.7 Å². The number of para-hydroxylation sites is 4. The molecule has 64 heavy (non-hydrogen) atoms. The Morgan fingerprint density at radius 1 is 0.359 bits per heavy atom. The molecule has 0 aromatic heterocycles. The van der Waals surface area contributed by atoms with E-state index in [1.54, 1.807) is 120 Å². The molecule has 0 fully saturated rings. The summed E-state index contributed by atoms with van der Waals surface area (Å²) in [5.74, 6) is -0.942.